The Morgan fingerprint density at radius 3 is 2.78 bits per heavy atom. The maximum absolute atomic E-state index is 13.9. The van der Waals surface area contributed by atoms with Gasteiger partial charge in [0.15, 0.2) is 12.2 Å². The van der Waals surface area contributed by atoms with Crippen LogP contribution in [0.3, 0.4) is 0 Å². The zero-order valence-corrected chi connectivity index (χ0v) is 21.8. The van der Waals surface area contributed by atoms with E-state index in [0.717, 1.165) is 11.5 Å². The van der Waals surface area contributed by atoms with E-state index < -0.39 is 35.5 Å². The van der Waals surface area contributed by atoms with Crippen LogP contribution in [0.2, 0.25) is 0 Å². The molecule has 1 atom stereocenters. The number of nitriles is 1. The number of hydrogen-bond acceptors (Lipinski definition) is 9. The number of cyclic esters (lactones) is 1. The number of aromatic nitrogens is 2. The number of fused-ring (bicyclic) bond motifs is 5. The highest BCUT2D eigenvalue weighted by Gasteiger charge is 2.45. The molecular formula is C30H22FN3O7. The van der Waals surface area contributed by atoms with Gasteiger partial charge in [-0.3, -0.25) is 4.79 Å². The summed E-state index contributed by atoms with van der Waals surface area (Å²) in [5.74, 6) is -2.21. The smallest absolute Gasteiger partial charge is 0.344 e. The van der Waals surface area contributed by atoms with Gasteiger partial charge in [-0.1, -0.05) is 25.1 Å². The van der Waals surface area contributed by atoms with Gasteiger partial charge in [-0.25, -0.2) is 19.0 Å². The van der Waals surface area contributed by atoms with E-state index in [4.69, 9.17) is 24.5 Å². The maximum Gasteiger partial charge on any atom is 0.344 e. The second-order valence-electron chi connectivity index (χ2n) is 9.74. The van der Waals surface area contributed by atoms with Crippen LogP contribution in [0.1, 0.15) is 41.2 Å². The lowest BCUT2D eigenvalue weighted by atomic mass is 9.86. The second kappa shape index (κ2) is 9.83. The fourth-order valence-corrected chi connectivity index (χ4v) is 5.29. The number of benzene rings is 2. The molecule has 41 heavy (non-hydrogen) atoms. The van der Waals surface area contributed by atoms with E-state index in [-0.39, 0.29) is 48.6 Å². The minimum Gasteiger partial charge on any atom is -0.482 e. The molecule has 0 saturated carbocycles. The number of carbonyl (C=O) groups is 2. The van der Waals surface area contributed by atoms with Crippen molar-refractivity contribution in [2.24, 2.45) is 0 Å². The molecule has 2 aromatic heterocycles. The summed E-state index contributed by atoms with van der Waals surface area (Å²) >= 11 is 0. The van der Waals surface area contributed by atoms with E-state index in [0.29, 0.717) is 28.0 Å². The van der Waals surface area contributed by atoms with Crippen LogP contribution in [0.5, 0.6) is 5.75 Å². The van der Waals surface area contributed by atoms with Gasteiger partial charge < -0.3 is 23.9 Å². The van der Waals surface area contributed by atoms with Gasteiger partial charge in [-0.05, 0) is 30.7 Å². The lowest BCUT2D eigenvalue weighted by Gasteiger charge is -2.31. The minimum absolute atomic E-state index is 0.0259. The molecule has 0 fully saturated rings. The normalized spacial score (nSPS) is 16.8. The van der Waals surface area contributed by atoms with Gasteiger partial charge >= 0.3 is 11.9 Å². The van der Waals surface area contributed by atoms with Gasteiger partial charge in [0.25, 0.3) is 5.56 Å². The van der Waals surface area contributed by atoms with Crippen molar-refractivity contribution < 1.29 is 33.3 Å². The zero-order valence-electron chi connectivity index (χ0n) is 21.8. The summed E-state index contributed by atoms with van der Waals surface area (Å²) in [6, 6.07) is 14.2. The van der Waals surface area contributed by atoms with Crippen LogP contribution in [0.25, 0.3) is 22.3 Å². The van der Waals surface area contributed by atoms with Gasteiger partial charge in [0, 0.05) is 28.1 Å². The molecule has 2 aliphatic rings. The van der Waals surface area contributed by atoms with Gasteiger partial charge in [0.1, 0.15) is 30.8 Å². The summed E-state index contributed by atoms with van der Waals surface area (Å²) in [6.45, 7) is 0.885. The SMILES string of the molecule is CC[C@@]1(O)C(=O)OCc2c1cc1n(c2=O)Cc2c-1nc1ccccc1c2COC(=O)COc1ccc(C#N)c(F)c1. The Bertz CT molecular complexity index is 1880. The van der Waals surface area contributed by atoms with Crippen molar-refractivity contribution in [1.82, 2.24) is 9.55 Å². The summed E-state index contributed by atoms with van der Waals surface area (Å²) in [7, 11) is 0. The average molecular weight is 556 g/mol. The number of rotatable bonds is 6. The number of carbonyl (C=O) groups excluding carboxylic acids is 2. The van der Waals surface area contributed by atoms with E-state index in [2.05, 4.69) is 0 Å². The van der Waals surface area contributed by atoms with Crippen LogP contribution in [0, 0.1) is 17.1 Å². The maximum atomic E-state index is 13.9. The van der Waals surface area contributed by atoms with Crippen molar-refractivity contribution >= 4 is 22.8 Å². The average Bonchev–Trinajstić information content (AvgIpc) is 3.35. The van der Waals surface area contributed by atoms with Crippen LogP contribution in [-0.2, 0) is 44.4 Å². The molecule has 0 spiro atoms. The Morgan fingerprint density at radius 1 is 1.22 bits per heavy atom. The summed E-state index contributed by atoms with van der Waals surface area (Å²) < 4.78 is 31.4. The highest BCUT2D eigenvalue weighted by Crippen LogP contribution is 2.40. The number of halogens is 1. The Kier molecular flexibility index (Phi) is 6.27. The Hall–Kier alpha value is -5.08. The molecule has 6 rings (SSSR count). The van der Waals surface area contributed by atoms with Gasteiger partial charge in [0.05, 0.1) is 34.6 Å². The van der Waals surface area contributed by atoms with Crippen LogP contribution < -0.4 is 10.3 Å². The molecule has 4 aromatic rings. The first-order valence-electron chi connectivity index (χ1n) is 12.8. The van der Waals surface area contributed by atoms with Crippen LogP contribution >= 0.6 is 0 Å². The number of aliphatic hydroxyl groups is 1. The molecule has 2 aromatic carbocycles. The molecule has 2 aliphatic heterocycles. The number of hydrogen-bond donors (Lipinski definition) is 1. The number of esters is 2. The quantitative estimate of drug-likeness (QED) is 0.313. The van der Waals surface area contributed by atoms with Crippen molar-refractivity contribution in [1.29, 1.82) is 5.26 Å². The molecule has 4 heterocycles. The fourth-order valence-electron chi connectivity index (χ4n) is 5.29. The number of pyridine rings is 2. The summed E-state index contributed by atoms with van der Waals surface area (Å²) in [5.41, 5.74) is 0.761. The largest absolute Gasteiger partial charge is 0.482 e. The van der Waals surface area contributed by atoms with Gasteiger partial charge in [-0.2, -0.15) is 5.26 Å². The van der Waals surface area contributed by atoms with E-state index in [9.17, 15) is 23.9 Å². The lowest BCUT2D eigenvalue weighted by Crippen LogP contribution is -2.44. The van der Waals surface area contributed by atoms with Crippen LogP contribution in [0.4, 0.5) is 4.39 Å². The Labute approximate surface area is 232 Å². The number of nitrogens with zero attached hydrogens (tertiary/aromatic N) is 3. The number of ether oxygens (including phenoxy) is 3. The van der Waals surface area contributed by atoms with Crippen molar-refractivity contribution in [3.8, 4) is 23.2 Å². The van der Waals surface area contributed by atoms with Crippen LogP contribution in [-0.4, -0.2) is 33.2 Å². The first kappa shape index (κ1) is 26.2. The molecule has 0 unspecified atom stereocenters. The molecule has 206 valence electrons. The van der Waals surface area contributed by atoms with E-state index in [1.807, 2.05) is 18.2 Å². The third-order valence-corrected chi connectivity index (χ3v) is 7.51. The molecule has 1 N–H and O–H groups in total. The Morgan fingerprint density at radius 2 is 2.02 bits per heavy atom. The third-order valence-electron chi connectivity index (χ3n) is 7.51. The first-order valence-corrected chi connectivity index (χ1v) is 12.8. The predicted molar refractivity (Wildman–Crippen MR) is 141 cm³/mol. The monoisotopic (exact) mass is 555 g/mol. The third kappa shape index (κ3) is 4.20. The van der Waals surface area contributed by atoms with Crippen molar-refractivity contribution in [3.63, 3.8) is 0 Å². The first-order chi connectivity index (χ1) is 19.7. The molecule has 0 amide bonds. The molecular weight excluding hydrogens is 533 g/mol. The summed E-state index contributed by atoms with van der Waals surface area (Å²) in [4.78, 5) is 43.3. The van der Waals surface area contributed by atoms with Crippen molar-refractivity contribution in [2.45, 2.75) is 38.7 Å². The zero-order chi connectivity index (χ0) is 28.9. The Balaban J connectivity index is 1.33. The minimum atomic E-state index is -1.95. The summed E-state index contributed by atoms with van der Waals surface area (Å²) in [5, 5.41) is 20.7. The second-order valence-corrected chi connectivity index (χ2v) is 9.74. The molecule has 0 radical (unpaired) electrons. The van der Waals surface area contributed by atoms with E-state index in [1.54, 1.807) is 25.1 Å². The molecule has 0 saturated heterocycles. The number of para-hydroxylation sites is 1. The topological polar surface area (TPSA) is 141 Å². The molecule has 10 nitrogen and oxygen atoms in total. The van der Waals surface area contributed by atoms with Crippen molar-refractivity contribution in [3.05, 3.63) is 92.5 Å². The highest BCUT2D eigenvalue weighted by molar-refractivity contribution is 5.89. The standard InChI is InChI=1S/C30H22FN3O7/c1-2-30(38)22-10-25-27-19(12-34(25)28(36)21(22)14-41-29(30)37)20(18-5-3-4-6-24(18)33-27)13-40-26(35)15-39-17-8-7-16(11-32)23(31)9-17/h3-10,38H,2,12-15H2,1H3/t30-/m0/s1. The highest BCUT2D eigenvalue weighted by atomic mass is 19.1. The summed E-state index contributed by atoms with van der Waals surface area (Å²) in [6.07, 6.45) is 0.0259. The van der Waals surface area contributed by atoms with Crippen molar-refractivity contribution in [2.75, 3.05) is 6.61 Å². The van der Waals surface area contributed by atoms with E-state index >= 15 is 0 Å². The van der Waals surface area contributed by atoms with Gasteiger partial charge in [-0.15, -0.1) is 0 Å². The van der Waals surface area contributed by atoms with E-state index in [1.165, 1.54) is 16.7 Å². The lowest BCUT2D eigenvalue weighted by molar-refractivity contribution is -0.172. The van der Waals surface area contributed by atoms with Crippen LogP contribution in [0.15, 0.2) is 53.3 Å². The molecule has 0 bridgehead atoms. The molecule has 0 aliphatic carbocycles. The van der Waals surface area contributed by atoms with Gasteiger partial charge in [0.2, 0.25) is 0 Å². The predicted octanol–water partition coefficient (Wildman–Crippen LogP) is 3.21. The molecule has 11 heteroatoms. The fraction of sp³-hybridized carbons (Fsp3) is 0.233.